The number of hydrogen-bond acceptors (Lipinski definition) is 3. The minimum absolute atomic E-state index is 0.00158. The van der Waals surface area contributed by atoms with Gasteiger partial charge in [-0.15, -0.1) is 11.3 Å². The van der Waals surface area contributed by atoms with Crippen LogP contribution in [0.2, 0.25) is 0 Å². The molecule has 4 heteroatoms. The fraction of sp³-hybridized carbons (Fsp3) is 0.188. The van der Waals surface area contributed by atoms with Crippen LogP contribution in [0.15, 0.2) is 53.9 Å². The van der Waals surface area contributed by atoms with Gasteiger partial charge in [0.2, 0.25) is 5.91 Å². The second-order valence-electron chi connectivity index (χ2n) is 4.90. The average Bonchev–Trinajstić information content (AvgIpc) is 3.10. The van der Waals surface area contributed by atoms with Crippen LogP contribution in [0.3, 0.4) is 0 Å². The van der Waals surface area contributed by atoms with Crippen LogP contribution in [-0.4, -0.2) is 11.9 Å². The highest BCUT2D eigenvalue weighted by molar-refractivity contribution is 7.13. The molecule has 0 bridgehead atoms. The molecule has 1 aliphatic rings. The molecule has 2 aromatic rings. The summed E-state index contributed by atoms with van der Waals surface area (Å²) in [6.07, 6.45) is 4.48. The van der Waals surface area contributed by atoms with Gasteiger partial charge >= 0.3 is 0 Å². The largest absolute Gasteiger partial charge is 0.325 e. The van der Waals surface area contributed by atoms with E-state index in [-0.39, 0.29) is 17.9 Å². The van der Waals surface area contributed by atoms with E-state index in [1.807, 2.05) is 47.9 Å². The molecule has 0 radical (unpaired) electrons. The molecule has 3 nitrogen and oxygen atoms in total. The highest BCUT2D eigenvalue weighted by Gasteiger charge is 2.23. The van der Waals surface area contributed by atoms with Crippen LogP contribution < -0.4 is 11.1 Å². The fourth-order valence-electron chi connectivity index (χ4n) is 2.39. The minimum Gasteiger partial charge on any atom is -0.325 e. The van der Waals surface area contributed by atoms with Crippen LogP contribution in [0.5, 0.6) is 0 Å². The van der Waals surface area contributed by atoms with Crippen molar-refractivity contribution in [2.45, 2.75) is 12.5 Å². The van der Waals surface area contributed by atoms with E-state index in [1.54, 1.807) is 11.3 Å². The zero-order valence-electron chi connectivity index (χ0n) is 11.0. The number of rotatable bonds is 3. The van der Waals surface area contributed by atoms with Crippen LogP contribution in [0.25, 0.3) is 10.4 Å². The van der Waals surface area contributed by atoms with Crippen LogP contribution in [0, 0.1) is 5.92 Å². The zero-order valence-corrected chi connectivity index (χ0v) is 11.8. The third-order valence-corrected chi connectivity index (χ3v) is 4.33. The third-order valence-electron chi connectivity index (χ3n) is 3.43. The predicted molar refractivity (Wildman–Crippen MR) is 83.6 cm³/mol. The first-order valence-electron chi connectivity index (χ1n) is 6.62. The van der Waals surface area contributed by atoms with Gasteiger partial charge in [0.05, 0.1) is 5.92 Å². The van der Waals surface area contributed by atoms with Gasteiger partial charge in [0.15, 0.2) is 0 Å². The predicted octanol–water partition coefficient (Wildman–Crippen LogP) is 3.26. The lowest BCUT2D eigenvalue weighted by molar-refractivity contribution is -0.118. The number of carbonyl (C=O) groups is 1. The second kappa shape index (κ2) is 5.61. The molecule has 20 heavy (non-hydrogen) atoms. The topological polar surface area (TPSA) is 55.1 Å². The molecule has 0 saturated carbocycles. The molecule has 2 atom stereocenters. The van der Waals surface area contributed by atoms with Gasteiger partial charge < -0.3 is 11.1 Å². The van der Waals surface area contributed by atoms with Crippen molar-refractivity contribution >= 4 is 22.9 Å². The maximum Gasteiger partial charge on any atom is 0.231 e. The van der Waals surface area contributed by atoms with Crippen molar-refractivity contribution < 1.29 is 4.79 Å². The van der Waals surface area contributed by atoms with Crippen molar-refractivity contribution in [2.75, 3.05) is 5.32 Å². The molecule has 3 N–H and O–H groups in total. The number of nitrogens with two attached hydrogens (primary N) is 1. The Morgan fingerprint density at radius 1 is 1.20 bits per heavy atom. The lowest BCUT2D eigenvalue weighted by Gasteiger charge is -2.13. The second-order valence-corrected chi connectivity index (χ2v) is 5.85. The van der Waals surface area contributed by atoms with E-state index >= 15 is 0 Å². The number of carbonyl (C=O) groups excluding carboxylic acids is 1. The summed E-state index contributed by atoms with van der Waals surface area (Å²) in [5.41, 5.74) is 7.71. The summed E-state index contributed by atoms with van der Waals surface area (Å²) in [4.78, 5) is 13.4. The van der Waals surface area contributed by atoms with Crippen molar-refractivity contribution in [3.8, 4) is 10.4 Å². The van der Waals surface area contributed by atoms with Crippen molar-refractivity contribution in [1.29, 1.82) is 0 Å². The maximum atomic E-state index is 12.3. The number of nitrogens with one attached hydrogen (secondary N) is 1. The van der Waals surface area contributed by atoms with Crippen molar-refractivity contribution in [3.05, 3.63) is 53.9 Å². The normalized spacial score (nSPS) is 21.1. The summed E-state index contributed by atoms with van der Waals surface area (Å²) in [7, 11) is 0. The smallest absolute Gasteiger partial charge is 0.231 e. The Hall–Kier alpha value is -1.91. The lowest BCUT2D eigenvalue weighted by Crippen LogP contribution is -2.24. The number of para-hydroxylation sites is 1. The van der Waals surface area contributed by atoms with Crippen LogP contribution in [-0.2, 0) is 4.79 Å². The van der Waals surface area contributed by atoms with Gasteiger partial charge in [-0.05, 0) is 23.9 Å². The third kappa shape index (κ3) is 2.66. The van der Waals surface area contributed by atoms with Gasteiger partial charge in [-0.25, -0.2) is 0 Å². The van der Waals surface area contributed by atoms with E-state index in [9.17, 15) is 4.79 Å². The van der Waals surface area contributed by atoms with E-state index in [0.29, 0.717) is 6.42 Å². The number of anilines is 1. The molecule has 0 spiro atoms. The zero-order chi connectivity index (χ0) is 13.9. The van der Waals surface area contributed by atoms with Gasteiger partial charge in [0.1, 0.15) is 0 Å². The van der Waals surface area contributed by atoms with Crippen LogP contribution in [0.4, 0.5) is 5.69 Å². The molecule has 0 aliphatic heterocycles. The maximum absolute atomic E-state index is 12.3. The first kappa shape index (κ1) is 13.1. The van der Waals surface area contributed by atoms with E-state index in [1.165, 1.54) is 0 Å². The summed E-state index contributed by atoms with van der Waals surface area (Å²) in [6.45, 7) is 0. The molecule has 1 aromatic carbocycles. The Bertz CT molecular complexity index is 634. The fourth-order valence-corrected chi connectivity index (χ4v) is 3.15. The SMILES string of the molecule is NC1C=CC(C(=O)Nc2ccccc2-c2cccs2)C1. The summed E-state index contributed by atoms with van der Waals surface area (Å²) in [5, 5.41) is 5.06. The van der Waals surface area contributed by atoms with Crippen molar-refractivity contribution in [1.82, 2.24) is 0 Å². The van der Waals surface area contributed by atoms with E-state index < -0.39 is 0 Å². The van der Waals surface area contributed by atoms with E-state index in [0.717, 1.165) is 16.1 Å². The molecule has 1 aromatic heterocycles. The van der Waals surface area contributed by atoms with Crippen molar-refractivity contribution in [2.24, 2.45) is 11.7 Å². The van der Waals surface area contributed by atoms with Gasteiger partial charge in [0.25, 0.3) is 0 Å². The Kier molecular flexibility index (Phi) is 3.67. The quantitative estimate of drug-likeness (QED) is 0.850. The first-order chi connectivity index (χ1) is 9.74. The number of thiophene rings is 1. The van der Waals surface area contributed by atoms with E-state index in [4.69, 9.17) is 5.73 Å². The summed E-state index contributed by atoms with van der Waals surface area (Å²) in [6, 6.07) is 11.9. The summed E-state index contributed by atoms with van der Waals surface area (Å²) < 4.78 is 0. The monoisotopic (exact) mass is 284 g/mol. The minimum atomic E-state index is -0.124. The number of hydrogen-bond donors (Lipinski definition) is 2. The van der Waals surface area contributed by atoms with Crippen LogP contribution >= 0.6 is 11.3 Å². The Balaban J connectivity index is 1.81. The first-order valence-corrected chi connectivity index (χ1v) is 7.49. The highest BCUT2D eigenvalue weighted by Crippen LogP contribution is 2.32. The molecule has 1 aliphatic carbocycles. The Labute approximate surface area is 122 Å². The molecular weight excluding hydrogens is 268 g/mol. The summed E-state index contributed by atoms with van der Waals surface area (Å²) in [5.74, 6) is -0.111. The number of benzene rings is 1. The van der Waals surface area contributed by atoms with Gasteiger partial charge in [-0.2, -0.15) is 0 Å². The molecular formula is C16H16N2OS. The molecule has 102 valence electrons. The molecule has 2 unspecified atom stereocenters. The van der Waals surface area contributed by atoms with Gasteiger partial charge in [-0.1, -0.05) is 36.4 Å². The molecule has 0 fully saturated rings. The molecule has 1 heterocycles. The lowest BCUT2D eigenvalue weighted by atomic mass is 10.1. The molecule has 3 rings (SSSR count). The van der Waals surface area contributed by atoms with E-state index in [2.05, 4.69) is 11.4 Å². The standard InChI is InChI=1S/C16H16N2OS/c17-12-8-7-11(10-12)16(19)18-14-5-2-1-4-13(14)15-6-3-9-20-15/h1-9,11-12H,10,17H2,(H,18,19). The van der Waals surface area contributed by atoms with Gasteiger partial charge in [0, 0.05) is 22.2 Å². The summed E-state index contributed by atoms with van der Waals surface area (Å²) >= 11 is 1.66. The Morgan fingerprint density at radius 2 is 2.05 bits per heavy atom. The average molecular weight is 284 g/mol. The number of amides is 1. The van der Waals surface area contributed by atoms with Crippen LogP contribution in [0.1, 0.15) is 6.42 Å². The molecule has 1 amide bonds. The van der Waals surface area contributed by atoms with Crippen molar-refractivity contribution in [3.63, 3.8) is 0 Å². The molecule has 0 saturated heterocycles. The highest BCUT2D eigenvalue weighted by atomic mass is 32.1. The Morgan fingerprint density at radius 3 is 2.75 bits per heavy atom. The van der Waals surface area contributed by atoms with Gasteiger partial charge in [-0.3, -0.25) is 4.79 Å².